The van der Waals surface area contributed by atoms with Crippen molar-refractivity contribution in [3.05, 3.63) is 54.1 Å². The fourth-order valence-corrected chi connectivity index (χ4v) is 5.37. The van der Waals surface area contributed by atoms with Crippen molar-refractivity contribution in [2.75, 3.05) is 10.2 Å². The van der Waals surface area contributed by atoms with Crippen LogP contribution in [0.3, 0.4) is 0 Å². The van der Waals surface area contributed by atoms with Gasteiger partial charge < -0.3 is 15.2 Å². The number of carboxylic acid groups (broad SMARTS) is 1. The number of fused-ring (bicyclic) bond motifs is 4. The minimum atomic E-state index is -1.48. The highest BCUT2D eigenvalue weighted by Gasteiger charge is 2.70. The van der Waals surface area contributed by atoms with Gasteiger partial charge in [0.2, 0.25) is 17.7 Å². The van der Waals surface area contributed by atoms with Gasteiger partial charge in [-0.05, 0) is 36.8 Å². The number of carboxylic acids is 1. The third-order valence-corrected chi connectivity index (χ3v) is 6.65. The van der Waals surface area contributed by atoms with Gasteiger partial charge in [-0.3, -0.25) is 29.3 Å². The van der Waals surface area contributed by atoms with E-state index in [0.717, 1.165) is 4.90 Å². The molecule has 5 rings (SSSR count). The number of esters is 1. The van der Waals surface area contributed by atoms with Crippen LogP contribution >= 0.6 is 0 Å². The molecule has 3 aliphatic heterocycles. The molecule has 3 aliphatic rings. The lowest BCUT2D eigenvalue weighted by atomic mass is 9.76. The number of anilines is 2. The number of ether oxygens (including phenoxy) is 1. The molecule has 2 fully saturated rings. The summed E-state index contributed by atoms with van der Waals surface area (Å²) in [6.45, 7) is 1.26. The molecule has 2 aromatic rings. The van der Waals surface area contributed by atoms with Crippen LogP contribution in [0.4, 0.5) is 11.4 Å². The van der Waals surface area contributed by atoms with Crippen molar-refractivity contribution < 1.29 is 33.8 Å². The Bertz CT molecular complexity index is 1240. The van der Waals surface area contributed by atoms with E-state index < -0.39 is 53.1 Å². The molecule has 10 heteroatoms. The number of carbonyl (C=O) groups excluding carboxylic acids is 4. The topological polar surface area (TPSA) is 142 Å². The first-order chi connectivity index (χ1) is 16.2. The van der Waals surface area contributed by atoms with Gasteiger partial charge in [0.05, 0.1) is 17.5 Å². The summed E-state index contributed by atoms with van der Waals surface area (Å²) in [6, 6.07) is 12.2. The molecule has 0 aromatic heterocycles. The third-order valence-electron chi connectivity index (χ3n) is 6.65. The van der Waals surface area contributed by atoms with Gasteiger partial charge in [0.25, 0.3) is 0 Å². The molecule has 2 aromatic carbocycles. The number of benzene rings is 2. The van der Waals surface area contributed by atoms with Crippen LogP contribution in [0.15, 0.2) is 48.5 Å². The van der Waals surface area contributed by atoms with Gasteiger partial charge in [-0.1, -0.05) is 18.2 Å². The van der Waals surface area contributed by atoms with Crippen LogP contribution in [0.2, 0.25) is 0 Å². The van der Waals surface area contributed by atoms with Crippen LogP contribution in [0.25, 0.3) is 0 Å². The van der Waals surface area contributed by atoms with Crippen molar-refractivity contribution in [2.24, 2.45) is 11.8 Å². The minimum Gasteiger partial charge on any atom is -0.481 e. The normalized spacial score (nSPS) is 27.0. The first-order valence-corrected chi connectivity index (χ1v) is 10.8. The minimum absolute atomic E-state index is 0.0753. The van der Waals surface area contributed by atoms with E-state index in [2.05, 4.69) is 10.6 Å². The Hall–Kier alpha value is -4.05. The second-order valence-electron chi connectivity index (χ2n) is 8.59. The Labute approximate surface area is 193 Å². The molecule has 4 atom stereocenters. The predicted molar refractivity (Wildman–Crippen MR) is 118 cm³/mol. The second-order valence-corrected chi connectivity index (χ2v) is 8.59. The molecule has 3 N–H and O–H groups in total. The van der Waals surface area contributed by atoms with Gasteiger partial charge in [-0.15, -0.1) is 0 Å². The SMILES string of the molecule is CC(=O)Oc1ccc(N2C(=O)[C@H]3[C@H](CCC(=O)O)N[C@]4(C(=O)Nc5ccccc54)[C@@H]3C2=O)cc1. The fourth-order valence-electron chi connectivity index (χ4n) is 5.37. The maximum atomic E-state index is 13.7. The van der Waals surface area contributed by atoms with Crippen molar-refractivity contribution >= 4 is 41.0 Å². The molecule has 0 bridgehead atoms. The Morgan fingerprint density at radius 3 is 2.44 bits per heavy atom. The number of hydrogen-bond donors (Lipinski definition) is 3. The molecule has 0 radical (unpaired) electrons. The van der Waals surface area contributed by atoms with Crippen LogP contribution in [-0.2, 0) is 29.5 Å². The lowest BCUT2D eigenvalue weighted by Gasteiger charge is -2.29. The van der Waals surface area contributed by atoms with E-state index in [9.17, 15) is 29.1 Å². The number of rotatable bonds is 5. The summed E-state index contributed by atoms with van der Waals surface area (Å²) in [4.78, 5) is 64.1. The maximum Gasteiger partial charge on any atom is 0.308 e. The molecule has 0 unspecified atom stereocenters. The van der Waals surface area contributed by atoms with Crippen molar-refractivity contribution in [3.8, 4) is 5.75 Å². The summed E-state index contributed by atoms with van der Waals surface area (Å²) in [5, 5.41) is 15.2. The van der Waals surface area contributed by atoms with Crippen molar-refractivity contribution in [1.82, 2.24) is 5.32 Å². The second kappa shape index (κ2) is 7.77. The van der Waals surface area contributed by atoms with Crippen LogP contribution in [0.1, 0.15) is 25.3 Å². The molecule has 0 saturated carbocycles. The number of carbonyl (C=O) groups is 5. The van der Waals surface area contributed by atoms with Gasteiger partial charge >= 0.3 is 11.9 Å². The number of hydrogen-bond acceptors (Lipinski definition) is 7. The Balaban J connectivity index is 1.57. The van der Waals surface area contributed by atoms with Crippen molar-refractivity contribution in [3.63, 3.8) is 0 Å². The lowest BCUT2D eigenvalue weighted by molar-refractivity contribution is -0.137. The summed E-state index contributed by atoms with van der Waals surface area (Å²) in [6.07, 6.45) is -0.148. The number of aliphatic carboxylic acids is 1. The van der Waals surface area contributed by atoms with Gasteiger partial charge in [-0.2, -0.15) is 0 Å². The van der Waals surface area contributed by atoms with Crippen LogP contribution in [0, 0.1) is 11.8 Å². The Kier molecular flexibility index (Phi) is 4.98. The number of imide groups is 1. The highest BCUT2D eigenvalue weighted by atomic mass is 16.5. The standard InChI is InChI=1S/C24H21N3O7/c1-12(28)34-14-8-6-13(7-9-14)27-21(31)19-17(10-11-18(29)30)26-24(20(19)22(27)32)15-4-2-3-5-16(15)25-23(24)33/h2-9,17,19-20,26H,10-11H2,1H3,(H,25,33)(H,29,30)/t17-,19-,20-,24-/m0/s1. The predicted octanol–water partition coefficient (Wildman–Crippen LogP) is 1.40. The van der Waals surface area contributed by atoms with Crippen LogP contribution < -0.4 is 20.3 Å². The van der Waals surface area contributed by atoms with Gasteiger partial charge in [0, 0.05) is 30.6 Å². The van der Waals surface area contributed by atoms with Gasteiger partial charge in [0.15, 0.2) is 0 Å². The van der Waals surface area contributed by atoms with E-state index in [0.29, 0.717) is 11.3 Å². The largest absolute Gasteiger partial charge is 0.481 e. The molecule has 34 heavy (non-hydrogen) atoms. The summed E-state index contributed by atoms with van der Waals surface area (Å²) in [7, 11) is 0. The van der Waals surface area contributed by atoms with E-state index in [4.69, 9.17) is 4.74 Å². The van der Waals surface area contributed by atoms with E-state index in [1.807, 2.05) is 0 Å². The molecule has 3 amide bonds. The zero-order chi connectivity index (χ0) is 24.2. The number of nitrogens with zero attached hydrogens (tertiary/aromatic N) is 1. The van der Waals surface area contributed by atoms with Gasteiger partial charge in [0.1, 0.15) is 11.3 Å². The number of nitrogens with one attached hydrogen (secondary N) is 2. The average molecular weight is 463 g/mol. The molecule has 0 aliphatic carbocycles. The molecule has 2 saturated heterocycles. The number of para-hydroxylation sites is 1. The number of amides is 3. The Morgan fingerprint density at radius 1 is 1.06 bits per heavy atom. The smallest absolute Gasteiger partial charge is 0.308 e. The fraction of sp³-hybridized carbons (Fsp3) is 0.292. The summed E-state index contributed by atoms with van der Waals surface area (Å²) >= 11 is 0. The monoisotopic (exact) mass is 463 g/mol. The highest BCUT2D eigenvalue weighted by molar-refractivity contribution is 6.25. The average Bonchev–Trinajstić information content (AvgIpc) is 3.37. The third kappa shape index (κ3) is 3.10. The summed E-state index contributed by atoms with van der Waals surface area (Å²) < 4.78 is 5.01. The van der Waals surface area contributed by atoms with E-state index >= 15 is 0 Å². The zero-order valence-corrected chi connectivity index (χ0v) is 18.1. The summed E-state index contributed by atoms with van der Waals surface area (Å²) in [5.74, 6) is -4.75. The van der Waals surface area contributed by atoms with Crippen molar-refractivity contribution in [1.29, 1.82) is 0 Å². The molecule has 10 nitrogen and oxygen atoms in total. The van der Waals surface area contributed by atoms with Crippen molar-refractivity contribution in [2.45, 2.75) is 31.3 Å². The lowest BCUT2D eigenvalue weighted by Crippen LogP contribution is -2.53. The van der Waals surface area contributed by atoms with E-state index in [1.165, 1.54) is 31.2 Å². The Morgan fingerprint density at radius 2 is 1.76 bits per heavy atom. The quantitative estimate of drug-likeness (QED) is 0.343. The maximum absolute atomic E-state index is 13.7. The molecule has 1 spiro atoms. The molecular formula is C24H21N3O7. The first kappa shape index (κ1) is 21.8. The molecular weight excluding hydrogens is 442 g/mol. The van der Waals surface area contributed by atoms with Gasteiger partial charge in [-0.25, -0.2) is 4.90 Å². The van der Waals surface area contributed by atoms with E-state index in [-0.39, 0.29) is 24.3 Å². The zero-order valence-electron chi connectivity index (χ0n) is 18.1. The van der Waals surface area contributed by atoms with E-state index in [1.54, 1.807) is 24.3 Å². The molecule has 3 heterocycles. The first-order valence-electron chi connectivity index (χ1n) is 10.8. The molecule has 174 valence electrons. The van der Waals surface area contributed by atoms with Crippen LogP contribution in [0.5, 0.6) is 5.75 Å². The highest BCUT2D eigenvalue weighted by Crippen LogP contribution is 2.54. The summed E-state index contributed by atoms with van der Waals surface area (Å²) in [5.41, 5.74) is -0.105. The van der Waals surface area contributed by atoms with Crippen LogP contribution in [-0.4, -0.2) is 40.8 Å².